The molecule has 2 atom stereocenters. The largest absolute Gasteiger partial charge is 0.481 e. The Morgan fingerprint density at radius 1 is 1.30 bits per heavy atom. The van der Waals surface area contributed by atoms with Crippen molar-refractivity contribution in [3.8, 4) is 0 Å². The Morgan fingerprint density at radius 2 is 1.96 bits per heavy atom. The van der Waals surface area contributed by atoms with Gasteiger partial charge in [-0.15, -0.1) is 0 Å². The van der Waals surface area contributed by atoms with Gasteiger partial charge in [-0.25, -0.2) is 0 Å². The summed E-state index contributed by atoms with van der Waals surface area (Å²) in [6, 6.07) is 9.41. The fraction of sp³-hybridized carbons (Fsp3) is 0.562. The average Bonchev–Trinajstić information content (AvgIpc) is 2.52. The maximum absolute atomic E-state index is 12.9. The van der Waals surface area contributed by atoms with Gasteiger partial charge in [-0.3, -0.25) is 4.79 Å². The molecule has 1 aromatic rings. The van der Waals surface area contributed by atoms with E-state index in [-0.39, 0.29) is 12.5 Å². The summed E-state index contributed by atoms with van der Waals surface area (Å²) in [6.45, 7) is 4.75. The molecule has 1 aliphatic rings. The molecule has 23 heavy (non-hydrogen) atoms. The van der Waals surface area contributed by atoms with E-state index in [1.54, 1.807) is 6.92 Å². The van der Waals surface area contributed by atoms with Gasteiger partial charge in [0.1, 0.15) is 0 Å². The summed E-state index contributed by atoms with van der Waals surface area (Å²) in [4.78, 5) is 11.3. The number of hydrogen-bond acceptors (Lipinski definition) is 3. The number of piperidine rings is 1. The second-order valence-corrected chi connectivity index (χ2v) is 8.04. The van der Waals surface area contributed by atoms with Gasteiger partial charge in [-0.05, 0) is 17.9 Å². The molecular formula is C16H24N2O4S. The highest BCUT2D eigenvalue weighted by Crippen LogP contribution is 2.26. The summed E-state index contributed by atoms with van der Waals surface area (Å²) >= 11 is 0. The summed E-state index contributed by atoms with van der Waals surface area (Å²) in [7, 11) is -3.67. The molecule has 6 nitrogen and oxygen atoms in total. The topological polar surface area (TPSA) is 77.9 Å². The van der Waals surface area contributed by atoms with Crippen LogP contribution in [0.2, 0.25) is 0 Å². The molecule has 7 heteroatoms. The van der Waals surface area contributed by atoms with E-state index in [0.717, 1.165) is 5.56 Å². The molecule has 1 fully saturated rings. The van der Waals surface area contributed by atoms with Crippen LogP contribution in [0, 0.1) is 11.8 Å². The van der Waals surface area contributed by atoms with Crippen LogP contribution in [0.4, 0.5) is 0 Å². The van der Waals surface area contributed by atoms with E-state index in [1.807, 2.05) is 37.3 Å². The number of rotatable bonds is 6. The molecule has 0 aliphatic carbocycles. The van der Waals surface area contributed by atoms with Gasteiger partial charge in [0, 0.05) is 26.2 Å². The number of nitrogens with zero attached hydrogens (tertiary/aromatic N) is 2. The molecule has 2 rings (SSSR count). The smallest absolute Gasteiger partial charge is 0.307 e. The predicted octanol–water partition coefficient (Wildman–Crippen LogP) is 1.80. The Hall–Kier alpha value is -1.44. The zero-order valence-electron chi connectivity index (χ0n) is 13.6. The van der Waals surface area contributed by atoms with Crippen LogP contribution in [-0.4, -0.2) is 47.7 Å². The van der Waals surface area contributed by atoms with Gasteiger partial charge in [0.05, 0.1) is 5.92 Å². The summed E-state index contributed by atoms with van der Waals surface area (Å²) in [5.74, 6) is -1.53. The maximum atomic E-state index is 12.9. The lowest BCUT2D eigenvalue weighted by Gasteiger charge is -2.36. The van der Waals surface area contributed by atoms with Gasteiger partial charge >= 0.3 is 5.97 Å². The minimum absolute atomic E-state index is 0.0371. The molecule has 0 spiro atoms. The summed E-state index contributed by atoms with van der Waals surface area (Å²) in [5, 5.41) is 9.24. The first kappa shape index (κ1) is 17.9. The normalized spacial score (nSPS) is 23.1. The van der Waals surface area contributed by atoms with Crippen molar-refractivity contribution < 1.29 is 18.3 Å². The van der Waals surface area contributed by atoms with Crippen molar-refractivity contribution in [2.45, 2.75) is 26.8 Å². The molecule has 128 valence electrons. The van der Waals surface area contributed by atoms with Gasteiger partial charge in [0.25, 0.3) is 10.2 Å². The van der Waals surface area contributed by atoms with Crippen molar-refractivity contribution >= 4 is 16.2 Å². The molecule has 2 unspecified atom stereocenters. The minimum Gasteiger partial charge on any atom is -0.481 e. The van der Waals surface area contributed by atoms with E-state index in [2.05, 4.69) is 0 Å². The van der Waals surface area contributed by atoms with Crippen LogP contribution in [0.5, 0.6) is 0 Å². The van der Waals surface area contributed by atoms with Crippen LogP contribution >= 0.6 is 0 Å². The standard InChI is InChI=1S/C16H24N2O4S/c1-3-17(11-14-7-5-4-6-8-14)23(21,22)18-10-13(2)9-15(12-18)16(19)20/h4-8,13,15H,3,9-12H2,1-2H3,(H,19,20). The molecule has 1 heterocycles. The van der Waals surface area contributed by atoms with Gasteiger partial charge in [-0.1, -0.05) is 44.2 Å². The van der Waals surface area contributed by atoms with Crippen LogP contribution in [0.25, 0.3) is 0 Å². The number of aliphatic carboxylic acids is 1. The van der Waals surface area contributed by atoms with E-state index in [4.69, 9.17) is 0 Å². The van der Waals surface area contributed by atoms with Crippen molar-refractivity contribution in [1.82, 2.24) is 8.61 Å². The van der Waals surface area contributed by atoms with E-state index in [0.29, 0.717) is 26.1 Å². The van der Waals surface area contributed by atoms with Crippen molar-refractivity contribution in [2.75, 3.05) is 19.6 Å². The Bertz CT molecular complexity index is 633. The second kappa shape index (κ2) is 7.42. The van der Waals surface area contributed by atoms with Gasteiger partial charge in [0.2, 0.25) is 0 Å². The molecule has 0 aromatic heterocycles. The first-order valence-electron chi connectivity index (χ1n) is 7.86. The average molecular weight is 340 g/mol. The summed E-state index contributed by atoms with van der Waals surface area (Å²) in [5.41, 5.74) is 0.915. The first-order chi connectivity index (χ1) is 10.8. The molecule has 0 amide bonds. The predicted molar refractivity (Wildman–Crippen MR) is 87.9 cm³/mol. The number of carboxylic acid groups (broad SMARTS) is 1. The zero-order valence-corrected chi connectivity index (χ0v) is 14.4. The van der Waals surface area contributed by atoms with E-state index in [1.165, 1.54) is 8.61 Å². The highest BCUT2D eigenvalue weighted by atomic mass is 32.2. The van der Waals surface area contributed by atoms with E-state index in [9.17, 15) is 18.3 Å². The third-order valence-electron chi connectivity index (χ3n) is 4.18. The van der Waals surface area contributed by atoms with Crippen molar-refractivity contribution in [3.05, 3.63) is 35.9 Å². The molecule has 0 radical (unpaired) electrons. The van der Waals surface area contributed by atoms with Crippen LogP contribution in [0.15, 0.2) is 30.3 Å². The second-order valence-electron chi connectivity index (χ2n) is 6.11. The van der Waals surface area contributed by atoms with Crippen molar-refractivity contribution in [1.29, 1.82) is 0 Å². The third kappa shape index (κ3) is 4.31. The Labute approximate surface area is 137 Å². The molecule has 1 aromatic carbocycles. The minimum atomic E-state index is -3.67. The van der Waals surface area contributed by atoms with Crippen molar-refractivity contribution in [2.24, 2.45) is 11.8 Å². The summed E-state index contributed by atoms with van der Waals surface area (Å²) in [6.07, 6.45) is 0.520. The fourth-order valence-corrected chi connectivity index (χ4v) is 4.75. The highest BCUT2D eigenvalue weighted by molar-refractivity contribution is 7.86. The van der Waals surface area contributed by atoms with Crippen LogP contribution in [-0.2, 0) is 21.5 Å². The van der Waals surface area contributed by atoms with Crippen molar-refractivity contribution in [3.63, 3.8) is 0 Å². The Morgan fingerprint density at radius 3 is 2.52 bits per heavy atom. The first-order valence-corrected chi connectivity index (χ1v) is 9.26. The maximum Gasteiger partial charge on any atom is 0.307 e. The van der Waals surface area contributed by atoms with Gasteiger partial charge < -0.3 is 5.11 Å². The van der Waals surface area contributed by atoms with Gasteiger partial charge in [-0.2, -0.15) is 17.0 Å². The third-order valence-corrected chi connectivity index (χ3v) is 6.17. The molecule has 1 saturated heterocycles. The summed E-state index contributed by atoms with van der Waals surface area (Å²) < 4.78 is 28.5. The van der Waals surface area contributed by atoms with E-state index >= 15 is 0 Å². The van der Waals surface area contributed by atoms with Crippen LogP contribution < -0.4 is 0 Å². The highest BCUT2D eigenvalue weighted by Gasteiger charge is 2.37. The molecule has 1 N–H and O–H groups in total. The van der Waals surface area contributed by atoms with Gasteiger partial charge in [0.15, 0.2) is 0 Å². The zero-order chi connectivity index (χ0) is 17.0. The number of carbonyl (C=O) groups is 1. The number of benzene rings is 1. The Kier molecular flexibility index (Phi) is 5.78. The fourth-order valence-electron chi connectivity index (χ4n) is 2.98. The lowest BCUT2D eigenvalue weighted by Crippen LogP contribution is -2.50. The van der Waals surface area contributed by atoms with E-state index < -0.39 is 22.1 Å². The molecular weight excluding hydrogens is 316 g/mol. The lowest BCUT2D eigenvalue weighted by atomic mass is 9.92. The lowest BCUT2D eigenvalue weighted by molar-refractivity contribution is -0.143. The number of carboxylic acids is 1. The molecule has 1 aliphatic heterocycles. The monoisotopic (exact) mass is 340 g/mol. The number of hydrogen-bond donors (Lipinski definition) is 1. The SMILES string of the molecule is CCN(Cc1ccccc1)S(=O)(=O)N1CC(C)CC(C(=O)O)C1. The molecule has 0 bridgehead atoms. The van der Waals surface area contributed by atoms with Crippen LogP contribution in [0.3, 0.4) is 0 Å². The quantitative estimate of drug-likeness (QED) is 0.856. The van der Waals surface area contributed by atoms with Crippen LogP contribution in [0.1, 0.15) is 25.8 Å². The Balaban J connectivity index is 2.19. The molecule has 0 saturated carbocycles.